The van der Waals surface area contributed by atoms with Crippen LogP contribution in [0.25, 0.3) is 12.3 Å². The van der Waals surface area contributed by atoms with Crippen LogP contribution < -0.4 is 10.4 Å². The molecular formula is C10H11NO. The van der Waals surface area contributed by atoms with Crippen molar-refractivity contribution in [3.05, 3.63) is 34.7 Å². The van der Waals surface area contributed by atoms with E-state index in [2.05, 4.69) is 11.6 Å². The van der Waals surface area contributed by atoms with Gasteiger partial charge in [0.15, 0.2) is 0 Å². The Hall–Kier alpha value is -1.57. The van der Waals surface area contributed by atoms with Crippen molar-refractivity contribution in [1.82, 2.24) is 0 Å². The van der Waals surface area contributed by atoms with Crippen molar-refractivity contribution in [2.24, 2.45) is 4.99 Å². The molecule has 0 atom stereocenters. The van der Waals surface area contributed by atoms with E-state index in [0.29, 0.717) is 0 Å². The standard InChI is InChI=1S/C10H11NO/c1-8-5-3-4-6-9(8)10(12)7-11-2/h3-7,12H,1H2,2H3/b10-9+,11-7?. The van der Waals surface area contributed by atoms with E-state index in [1.165, 1.54) is 6.21 Å². The van der Waals surface area contributed by atoms with Crippen LogP contribution in [0.2, 0.25) is 0 Å². The number of aliphatic imine (C=N–C) groups is 1. The van der Waals surface area contributed by atoms with Gasteiger partial charge in [0.1, 0.15) is 5.76 Å². The molecule has 0 unspecified atom stereocenters. The molecule has 1 N–H and O–H groups in total. The lowest BCUT2D eigenvalue weighted by molar-refractivity contribution is 0.521. The van der Waals surface area contributed by atoms with Crippen LogP contribution in [0, 0.1) is 0 Å². The Bertz CT molecular complexity index is 393. The van der Waals surface area contributed by atoms with Crippen molar-refractivity contribution < 1.29 is 5.11 Å². The van der Waals surface area contributed by atoms with Crippen LogP contribution in [0.15, 0.2) is 29.3 Å². The minimum absolute atomic E-state index is 0.156. The van der Waals surface area contributed by atoms with Gasteiger partial charge in [0.2, 0.25) is 0 Å². The van der Waals surface area contributed by atoms with Crippen LogP contribution >= 0.6 is 0 Å². The third-order valence-electron chi connectivity index (χ3n) is 1.54. The molecule has 0 fully saturated rings. The van der Waals surface area contributed by atoms with Crippen LogP contribution in [0.4, 0.5) is 0 Å². The molecule has 0 aliphatic rings. The molecule has 0 radical (unpaired) electrons. The topological polar surface area (TPSA) is 32.6 Å². The Morgan fingerprint density at radius 1 is 1.50 bits per heavy atom. The van der Waals surface area contributed by atoms with Gasteiger partial charge in [0, 0.05) is 12.3 Å². The van der Waals surface area contributed by atoms with E-state index in [1.807, 2.05) is 18.2 Å². The zero-order valence-electron chi connectivity index (χ0n) is 6.99. The largest absolute Gasteiger partial charge is 0.506 e. The third kappa shape index (κ3) is 1.72. The molecule has 0 aromatic heterocycles. The molecule has 0 saturated carbocycles. The highest BCUT2D eigenvalue weighted by Crippen LogP contribution is 1.78. The number of rotatable bonds is 1. The number of hydrogen-bond acceptors (Lipinski definition) is 2. The SMILES string of the molecule is C=c1cccc/c1=C(\O)C=NC. The van der Waals surface area contributed by atoms with Gasteiger partial charge in [0.05, 0.1) is 6.21 Å². The Morgan fingerprint density at radius 2 is 2.17 bits per heavy atom. The van der Waals surface area contributed by atoms with E-state index in [1.54, 1.807) is 13.1 Å². The maximum atomic E-state index is 9.43. The first-order valence-electron chi connectivity index (χ1n) is 3.65. The van der Waals surface area contributed by atoms with Crippen molar-refractivity contribution in [2.75, 3.05) is 7.05 Å². The molecule has 12 heavy (non-hydrogen) atoms. The highest BCUT2D eigenvalue weighted by molar-refractivity contribution is 5.97. The average Bonchev–Trinajstić information content (AvgIpc) is 2.05. The lowest BCUT2D eigenvalue weighted by Gasteiger charge is -1.90. The predicted octanol–water partition coefficient (Wildman–Crippen LogP) is 0.464. The summed E-state index contributed by atoms with van der Waals surface area (Å²) in [6, 6.07) is 7.38. The Balaban J connectivity index is 3.45. The molecule has 2 nitrogen and oxygen atoms in total. The Labute approximate surface area is 71.2 Å². The molecule has 62 valence electrons. The summed E-state index contributed by atoms with van der Waals surface area (Å²) < 4.78 is 0. The number of benzene rings is 1. The maximum absolute atomic E-state index is 9.43. The van der Waals surface area contributed by atoms with Gasteiger partial charge in [-0.15, -0.1) is 0 Å². The van der Waals surface area contributed by atoms with E-state index < -0.39 is 0 Å². The van der Waals surface area contributed by atoms with E-state index in [9.17, 15) is 5.11 Å². The van der Waals surface area contributed by atoms with Crippen LogP contribution in [0.5, 0.6) is 0 Å². The molecule has 0 aliphatic carbocycles. The second-order valence-electron chi connectivity index (χ2n) is 2.43. The van der Waals surface area contributed by atoms with Crippen molar-refractivity contribution >= 4 is 18.6 Å². The van der Waals surface area contributed by atoms with Crippen LogP contribution in [-0.4, -0.2) is 18.4 Å². The molecular weight excluding hydrogens is 150 g/mol. The summed E-state index contributed by atoms with van der Waals surface area (Å²) in [5.41, 5.74) is 0. The summed E-state index contributed by atoms with van der Waals surface area (Å²) in [7, 11) is 1.61. The van der Waals surface area contributed by atoms with Gasteiger partial charge in [-0.3, -0.25) is 4.99 Å². The molecule has 0 saturated heterocycles. The number of aliphatic hydroxyl groups excluding tert-OH is 1. The van der Waals surface area contributed by atoms with Gasteiger partial charge in [0.25, 0.3) is 0 Å². The van der Waals surface area contributed by atoms with Gasteiger partial charge in [-0.2, -0.15) is 0 Å². The summed E-state index contributed by atoms with van der Waals surface area (Å²) >= 11 is 0. The first-order chi connectivity index (χ1) is 5.75. The van der Waals surface area contributed by atoms with Crippen LogP contribution in [-0.2, 0) is 0 Å². The average molecular weight is 161 g/mol. The Morgan fingerprint density at radius 3 is 2.75 bits per heavy atom. The molecule has 0 bridgehead atoms. The summed E-state index contributed by atoms with van der Waals surface area (Å²) in [6.07, 6.45) is 1.41. The Kier molecular flexibility index (Phi) is 2.64. The second-order valence-corrected chi connectivity index (χ2v) is 2.43. The van der Waals surface area contributed by atoms with E-state index in [-0.39, 0.29) is 5.76 Å². The number of nitrogens with zero attached hydrogens (tertiary/aromatic N) is 1. The minimum Gasteiger partial charge on any atom is -0.506 e. The van der Waals surface area contributed by atoms with Gasteiger partial charge in [-0.05, 0) is 5.22 Å². The van der Waals surface area contributed by atoms with Crippen molar-refractivity contribution in [3.63, 3.8) is 0 Å². The molecule has 1 rings (SSSR count). The molecule has 1 aromatic carbocycles. The fraction of sp³-hybridized carbons (Fsp3) is 0.100. The first-order valence-corrected chi connectivity index (χ1v) is 3.65. The van der Waals surface area contributed by atoms with Crippen molar-refractivity contribution in [3.8, 4) is 0 Å². The molecule has 0 aliphatic heterocycles. The molecule has 0 amide bonds. The second kappa shape index (κ2) is 3.72. The summed E-state index contributed by atoms with van der Waals surface area (Å²) in [4.78, 5) is 3.71. The zero-order chi connectivity index (χ0) is 8.97. The first kappa shape index (κ1) is 8.53. The molecule has 1 aromatic rings. The van der Waals surface area contributed by atoms with E-state index in [0.717, 1.165) is 10.4 Å². The van der Waals surface area contributed by atoms with Gasteiger partial charge in [-0.1, -0.05) is 30.8 Å². The zero-order valence-corrected chi connectivity index (χ0v) is 6.99. The highest BCUT2D eigenvalue weighted by Gasteiger charge is 1.88. The summed E-state index contributed by atoms with van der Waals surface area (Å²) in [6.45, 7) is 3.78. The van der Waals surface area contributed by atoms with E-state index >= 15 is 0 Å². The highest BCUT2D eigenvalue weighted by atomic mass is 16.3. The molecule has 2 heteroatoms. The van der Waals surface area contributed by atoms with Crippen LogP contribution in [0.1, 0.15) is 0 Å². The molecule has 0 heterocycles. The normalized spacial score (nSPS) is 13.4. The lowest BCUT2D eigenvalue weighted by atomic mass is 10.2. The van der Waals surface area contributed by atoms with Crippen LogP contribution in [0.3, 0.4) is 0 Å². The minimum atomic E-state index is 0.156. The molecule has 0 spiro atoms. The number of hydrogen-bond donors (Lipinski definition) is 1. The van der Waals surface area contributed by atoms with E-state index in [4.69, 9.17) is 0 Å². The van der Waals surface area contributed by atoms with Crippen molar-refractivity contribution in [2.45, 2.75) is 0 Å². The van der Waals surface area contributed by atoms with Crippen molar-refractivity contribution in [1.29, 1.82) is 0 Å². The maximum Gasteiger partial charge on any atom is 0.141 e. The fourth-order valence-corrected chi connectivity index (χ4v) is 0.962. The quantitative estimate of drug-likeness (QED) is 0.596. The fourth-order valence-electron chi connectivity index (χ4n) is 0.962. The number of aliphatic hydroxyl groups is 1. The lowest BCUT2D eigenvalue weighted by Crippen LogP contribution is -2.25. The smallest absolute Gasteiger partial charge is 0.141 e. The third-order valence-corrected chi connectivity index (χ3v) is 1.54. The summed E-state index contributed by atoms with van der Waals surface area (Å²) in [5, 5.41) is 11.0. The van der Waals surface area contributed by atoms with Gasteiger partial charge in [-0.25, -0.2) is 0 Å². The monoisotopic (exact) mass is 161 g/mol. The predicted molar refractivity (Wildman–Crippen MR) is 51.7 cm³/mol. The van der Waals surface area contributed by atoms with Gasteiger partial charge < -0.3 is 5.11 Å². The van der Waals surface area contributed by atoms with Gasteiger partial charge >= 0.3 is 0 Å². The summed E-state index contributed by atoms with van der Waals surface area (Å²) in [5.74, 6) is 0.156.